The van der Waals surface area contributed by atoms with Crippen molar-refractivity contribution in [2.75, 3.05) is 13.7 Å². The van der Waals surface area contributed by atoms with Crippen LogP contribution in [0.15, 0.2) is 36.5 Å². The van der Waals surface area contributed by atoms with E-state index in [9.17, 15) is 0 Å². The zero-order valence-corrected chi connectivity index (χ0v) is 12.7. The van der Waals surface area contributed by atoms with E-state index in [1.807, 2.05) is 24.0 Å². The Morgan fingerprint density at radius 2 is 2.10 bits per heavy atom. The minimum Gasteiger partial charge on any atom is -0.496 e. The van der Waals surface area contributed by atoms with Crippen molar-refractivity contribution >= 4 is 0 Å². The number of ether oxygens (including phenoxy) is 1. The molecule has 0 bridgehead atoms. The molecular weight excluding hydrogens is 262 g/mol. The van der Waals surface area contributed by atoms with E-state index in [-0.39, 0.29) is 0 Å². The van der Waals surface area contributed by atoms with Gasteiger partial charge in [0.1, 0.15) is 5.75 Å². The Morgan fingerprint density at radius 1 is 1.29 bits per heavy atom. The number of para-hydroxylation sites is 1. The van der Waals surface area contributed by atoms with Crippen LogP contribution in [-0.2, 0) is 13.5 Å². The number of methoxy groups -OCH3 is 1. The number of aromatic nitrogens is 2. The normalized spacial score (nSPS) is 21.0. The third-order valence-electron chi connectivity index (χ3n) is 4.30. The summed E-state index contributed by atoms with van der Waals surface area (Å²) < 4.78 is 7.31. The zero-order chi connectivity index (χ0) is 14.7. The first-order chi connectivity index (χ1) is 10.3. The second kappa shape index (κ2) is 6.31. The molecule has 1 fully saturated rings. The SMILES string of the molecule is COc1ccccc1C1CC(NCCc2ccn(C)n2)C1. The van der Waals surface area contributed by atoms with Gasteiger partial charge < -0.3 is 10.1 Å². The predicted octanol–water partition coefficient (Wildman–Crippen LogP) is 2.51. The molecule has 0 radical (unpaired) electrons. The first-order valence-corrected chi connectivity index (χ1v) is 7.61. The van der Waals surface area contributed by atoms with E-state index in [0.29, 0.717) is 12.0 Å². The Labute approximate surface area is 126 Å². The van der Waals surface area contributed by atoms with Gasteiger partial charge in [0, 0.05) is 32.3 Å². The molecule has 0 aliphatic heterocycles. The van der Waals surface area contributed by atoms with E-state index >= 15 is 0 Å². The smallest absolute Gasteiger partial charge is 0.122 e. The molecule has 4 heteroatoms. The number of hydrogen-bond donors (Lipinski definition) is 1. The van der Waals surface area contributed by atoms with Crippen LogP contribution >= 0.6 is 0 Å². The Kier molecular flexibility index (Phi) is 4.25. The topological polar surface area (TPSA) is 39.1 Å². The van der Waals surface area contributed by atoms with Gasteiger partial charge in [-0.15, -0.1) is 0 Å². The van der Waals surface area contributed by atoms with Gasteiger partial charge in [-0.05, 0) is 36.5 Å². The van der Waals surface area contributed by atoms with Crippen molar-refractivity contribution in [1.29, 1.82) is 0 Å². The average Bonchev–Trinajstić information content (AvgIpc) is 2.87. The summed E-state index contributed by atoms with van der Waals surface area (Å²) >= 11 is 0. The number of nitrogens with zero attached hydrogens (tertiary/aromatic N) is 2. The van der Waals surface area contributed by atoms with Crippen LogP contribution in [0.1, 0.15) is 30.0 Å². The van der Waals surface area contributed by atoms with Gasteiger partial charge in [-0.2, -0.15) is 5.10 Å². The fraction of sp³-hybridized carbons (Fsp3) is 0.471. The fourth-order valence-corrected chi connectivity index (χ4v) is 3.04. The molecule has 4 nitrogen and oxygen atoms in total. The van der Waals surface area contributed by atoms with Gasteiger partial charge in [0.15, 0.2) is 0 Å². The van der Waals surface area contributed by atoms with Gasteiger partial charge in [-0.3, -0.25) is 4.68 Å². The van der Waals surface area contributed by atoms with Gasteiger partial charge in [0.2, 0.25) is 0 Å². The second-order valence-corrected chi connectivity index (χ2v) is 5.79. The van der Waals surface area contributed by atoms with E-state index < -0.39 is 0 Å². The Balaban J connectivity index is 1.43. The van der Waals surface area contributed by atoms with Crippen LogP contribution in [0.3, 0.4) is 0 Å². The van der Waals surface area contributed by atoms with E-state index in [4.69, 9.17) is 4.74 Å². The molecule has 0 unspecified atom stereocenters. The van der Waals surface area contributed by atoms with Gasteiger partial charge in [-0.1, -0.05) is 18.2 Å². The summed E-state index contributed by atoms with van der Waals surface area (Å²) in [5.74, 6) is 1.66. The molecule has 0 spiro atoms. The summed E-state index contributed by atoms with van der Waals surface area (Å²) in [6, 6.07) is 11.1. The highest BCUT2D eigenvalue weighted by Gasteiger charge is 2.31. The Hall–Kier alpha value is -1.81. The van der Waals surface area contributed by atoms with Crippen LogP contribution in [0.2, 0.25) is 0 Å². The van der Waals surface area contributed by atoms with Crippen LogP contribution in [0.25, 0.3) is 0 Å². The van der Waals surface area contributed by atoms with Crippen molar-refractivity contribution in [2.24, 2.45) is 7.05 Å². The number of hydrogen-bond acceptors (Lipinski definition) is 3. The van der Waals surface area contributed by atoms with Gasteiger partial charge in [0.05, 0.1) is 12.8 Å². The molecular formula is C17H23N3O. The van der Waals surface area contributed by atoms with Crippen molar-refractivity contribution in [3.63, 3.8) is 0 Å². The molecule has 0 saturated heterocycles. The number of benzene rings is 1. The number of aryl methyl sites for hydroxylation is 1. The summed E-state index contributed by atoms with van der Waals surface area (Å²) in [6.07, 6.45) is 5.39. The third kappa shape index (κ3) is 3.27. The molecule has 1 aromatic carbocycles. The highest BCUT2D eigenvalue weighted by Crippen LogP contribution is 2.40. The summed E-state index contributed by atoms with van der Waals surface area (Å²) in [6.45, 7) is 1.00. The van der Waals surface area contributed by atoms with Crippen LogP contribution in [0.5, 0.6) is 5.75 Å². The minimum atomic E-state index is 0.628. The van der Waals surface area contributed by atoms with Gasteiger partial charge in [-0.25, -0.2) is 0 Å². The van der Waals surface area contributed by atoms with Crippen molar-refractivity contribution < 1.29 is 4.74 Å². The molecule has 112 valence electrons. The van der Waals surface area contributed by atoms with Crippen LogP contribution in [0.4, 0.5) is 0 Å². The summed E-state index contributed by atoms with van der Waals surface area (Å²) in [5.41, 5.74) is 2.51. The minimum absolute atomic E-state index is 0.628. The molecule has 1 saturated carbocycles. The largest absolute Gasteiger partial charge is 0.496 e. The standard InChI is InChI=1S/C17H23N3O/c1-20-10-8-14(19-20)7-9-18-15-11-13(12-15)16-5-3-4-6-17(16)21-2/h3-6,8,10,13,15,18H,7,9,11-12H2,1-2H3. The maximum atomic E-state index is 5.45. The predicted molar refractivity (Wildman–Crippen MR) is 83.7 cm³/mol. The fourth-order valence-electron chi connectivity index (χ4n) is 3.04. The van der Waals surface area contributed by atoms with Gasteiger partial charge in [0.25, 0.3) is 0 Å². The van der Waals surface area contributed by atoms with Gasteiger partial charge >= 0.3 is 0 Å². The molecule has 0 atom stereocenters. The van der Waals surface area contributed by atoms with Crippen molar-refractivity contribution in [2.45, 2.75) is 31.2 Å². The second-order valence-electron chi connectivity index (χ2n) is 5.79. The van der Waals surface area contributed by atoms with Crippen molar-refractivity contribution in [3.05, 3.63) is 47.8 Å². The molecule has 1 N–H and O–H groups in total. The summed E-state index contributed by atoms with van der Waals surface area (Å²) in [5, 5.41) is 8.02. The lowest BCUT2D eigenvalue weighted by molar-refractivity contribution is 0.284. The maximum absolute atomic E-state index is 5.45. The van der Waals surface area contributed by atoms with E-state index in [2.05, 4.69) is 34.7 Å². The Morgan fingerprint density at radius 3 is 2.81 bits per heavy atom. The average molecular weight is 285 g/mol. The number of nitrogens with one attached hydrogen (secondary N) is 1. The summed E-state index contributed by atoms with van der Waals surface area (Å²) in [4.78, 5) is 0. The molecule has 0 amide bonds. The molecule has 2 aromatic rings. The molecule has 1 aromatic heterocycles. The van der Waals surface area contributed by atoms with Crippen LogP contribution in [-0.4, -0.2) is 29.5 Å². The molecule has 1 aliphatic carbocycles. The lowest BCUT2D eigenvalue weighted by Gasteiger charge is -2.37. The number of rotatable bonds is 6. The molecule has 1 aliphatic rings. The maximum Gasteiger partial charge on any atom is 0.122 e. The van der Waals surface area contributed by atoms with E-state index in [0.717, 1.165) is 24.4 Å². The summed E-state index contributed by atoms with van der Waals surface area (Å²) in [7, 11) is 3.71. The lowest BCUT2D eigenvalue weighted by atomic mass is 9.75. The van der Waals surface area contributed by atoms with Crippen LogP contribution in [0, 0.1) is 0 Å². The molecule has 21 heavy (non-hydrogen) atoms. The monoisotopic (exact) mass is 285 g/mol. The van der Waals surface area contributed by atoms with E-state index in [1.165, 1.54) is 18.4 Å². The highest BCUT2D eigenvalue weighted by atomic mass is 16.5. The van der Waals surface area contributed by atoms with Crippen LogP contribution < -0.4 is 10.1 Å². The first-order valence-electron chi connectivity index (χ1n) is 7.61. The third-order valence-corrected chi connectivity index (χ3v) is 4.30. The molecule has 1 heterocycles. The lowest BCUT2D eigenvalue weighted by Crippen LogP contribution is -2.41. The first kappa shape index (κ1) is 14.1. The van der Waals surface area contributed by atoms with E-state index in [1.54, 1.807) is 7.11 Å². The van der Waals surface area contributed by atoms with Crippen molar-refractivity contribution in [3.8, 4) is 5.75 Å². The molecule has 3 rings (SSSR count). The zero-order valence-electron chi connectivity index (χ0n) is 12.7. The van der Waals surface area contributed by atoms with Crippen molar-refractivity contribution in [1.82, 2.24) is 15.1 Å². The highest BCUT2D eigenvalue weighted by molar-refractivity contribution is 5.37. The Bertz CT molecular complexity index is 587. The quantitative estimate of drug-likeness (QED) is 0.886.